The summed E-state index contributed by atoms with van der Waals surface area (Å²) in [5, 5.41) is 3.73. The summed E-state index contributed by atoms with van der Waals surface area (Å²) in [7, 11) is 0. The number of hydrogen-bond donors (Lipinski definition) is 2. The summed E-state index contributed by atoms with van der Waals surface area (Å²) in [5.41, 5.74) is -1.67. The van der Waals surface area contributed by atoms with Crippen molar-refractivity contribution in [1.29, 1.82) is 0 Å². The molecule has 4 rings (SSSR count). The third kappa shape index (κ3) is 4.38. The van der Waals surface area contributed by atoms with E-state index in [4.69, 9.17) is 33.8 Å². The van der Waals surface area contributed by atoms with E-state index in [0.717, 1.165) is 10.9 Å². The third-order valence-electron chi connectivity index (χ3n) is 5.58. The van der Waals surface area contributed by atoms with Crippen LogP contribution in [-0.2, 0) is 0 Å². The summed E-state index contributed by atoms with van der Waals surface area (Å²) >= 11 is 12.6. The number of hydrogen-bond acceptors (Lipinski definition) is 6. The first-order chi connectivity index (χ1) is 15.5. The van der Waals surface area contributed by atoms with Crippen LogP contribution < -0.4 is 27.4 Å². The molecule has 0 saturated heterocycles. The van der Waals surface area contributed by atoms with Gasteiger partial charge in [-0.2, -0.15) is 14.5 Å². The van der Waals surface area contributed by atoms with Gasteiger partial charge in [0.2, 0.25) is 5.92 Å². The van der Waals surface area contributed by atoms with E-state index in [1.165, 1.54) is 24.4 Å². The summed E-state index contributed by atoms with van der Waals surface area (Å²) in [5.74, 6) is 2.18. The van der Waals surface area contributed by atoms with Gasteiger partial charge < -0.3 is 15.6 Å². The maximum atomic E-state index is 13.3. The molecule has 9 nitrogen and oxygen atoms in total. The average molecular weight is 500 g/mol. The Morgan fingerprint density at radius 1 is 1.21 bits per heavy atom. The Balaban J connectivity index is 1.64. The van der Waals surface area contributed by atoms with Crippen LogP contribution in [0.5, 0.6) is 11.5 Å². The van der Waals surface area contributed by atoms with Crippen LogP contribution in [0.1, 0.15) is 31.2 Å². The summed E-state index contributed by atoms with van der Waals surface area (Å²) < 4.78 is 33.5. The summed E-state index contributed by atoms with van der Waals surface area (Å²) in [6.07, 6.45) is 1.60. The molecule has 3 N–H and O–H groups in total. The highest BCUT2D eigenvalue weighted by atomic mass is 35.5. The number of benzene rings is 1. The van der Waals surface area contributed by atoms with E-state index in [1.807, 2.05) is 0 Å². The van der Waals surface area contributed by atoms with Crippen molar-refractivity contribution in [1.82, 2.24) is 19.4 Å². The van der Waals surface area contributed by atoms with Crippen molar-refractivity contribution < 1.29 is 13.5 Å². The van der Waals surface area contributed by atoms with Crippen LogP contribution >= 0.6 is 23.2 Å². The number of aromatic nitrogens is 4. The molecule has 2 aromatic heterocycles. The molecule has 1 atom stereocenters. The van der Waals surface area contributed by atoms with Crippen LogP contribution in [0, 0.1) is 5.92 Å². The zero-order chi connectivity index (χ0) is 24.1. The number of halogens is 4. The minimum absolute atomic E-state index is 0.000375. The van der Waals surface area contributed by atoms with Crippen LogP contribution in [0.2, 0.25) is 10.0 Å². The summed E-state index contributed by atoms with van der Waals surface area (Å²) in [6.45, 7) is 1.71. The summed E-state index contributed by atoms with van der Waals surface area (Å²) in [4.78, 5) is 38.4. The summed E-state index contributed by atoms with van der Waals surface area (Å²) in [6, 6.07) is 4.11. The van der Waals surface area contributed by atoms with Gasteiger partial charge in [0.15, 0.2) is 5.75 Å². The van der Waals surface area contributed by atoms with E-state index < -0.39 is 28.6 Å². The van der Waals surface area contributed by atoms with Crippen molar-refractivity contribution in [3.63, 3.8) is 0 Å². The number of nitrogen functional groups attached to an aromatic ring is 1. The van der Waals surface area contributed by atoms with Gasteiger partial charge in [-0.25, -0.2) is 13.6 Å². The molecule has 1 fully saturated rings. The minimum Gasteiger partial charge on any atom is -0.453 e. The lowest BCUT2D eigenvalue weighted by atomic mass is 9.71. The molecule has 174 valence electrons. The highest BCUT2D eigenvalue weighted by Gasteiger charge is 2.47. The Kier molecular flexibility index (Phi) is 5.79. The quantitative estimate of drug-likeness (QED) is 0.519. The third-order valence-corrected chi connectivity index (χ3v) is 6.14. The smallest absolute Gasteiger partial charge is 0.370 e. The zero-order valence-corrected chi connectivity index (χ0v) is 18.5. The van der Waals surface area contributed by atoms with Crippen molar-refractivity contribution in [3.05, 3.63) is 77.4 Å². The minimum atomic E-state index is -2.70. The van der Waals surface area contributed by atoms with Gasteiger partial charge in [0, 0.05) is 24.6 Å². The van der Waals surface area contributed by atoms with Gasteiger partial charge in [0.1, 0.15) is 11.9 Å². The number of H-pyrrole nitrogens is 1. The molecule has 1 saturated carbocycles. The van der Waals surface area contributed by atoms with Crippen LogP contribution in [0.4, 0.5) is 8.78 Å². The van der Waals surface area contributed by atoms with Gasteiger partial charge in [-0.05, 0) is 30.0 Å². The molecule has 2 heterocycles. The lowest BCUT2D eigenvalue weighted by Crippen LogP contribution is -2.44. The highest BCUT2D eigenvalue weighted by Crippen LogP contribution is 2.48. The van der Waals surface area contributed by atoms with E-state index in [-0.39, 0.29) is 46.0 Å². The molecule has 3 aromatic rings. The Morgan fingerprint density at radius 3 is 2.45 bits per heavy atom. The monoisotopic (exact) mass is 499 g/mol. The zero-order valence-electron chi connectivity index (χ0n) is 17.0. The molecule has 0 amide bonds. The van der Waals surface area contributed by atoms with Crippen LogP contribution in [0.3, 0.4) is 0 Å². The number of aromatic amines is 1. The average Bonchev–Trinajstić information content (AvgIpc) is 2.73. The fraction of sp³-hybridized carbons (Fsp3) is 0.300. The molecule has 0 bridgehead atoms. The van der Waals surface area contributed by atoms with Crippen LogP contribution in [0.25, 0.3) is 5.69 Å². The molecule has 1 unspecified atom stereocenters. The standard InChI is InChI=1S/C20H17Cl2F2N5O4/c1-9(10-5-20(23,24)6-10)13-4-12(7-26-18(13)31)33-17-14(21)2-11(3-15(17)22)29-19(32)28(25)16(30)8-27-29/h2-4,7-10H,5-6,25H2,1H3,(H,26,31). The first kappa shape index (κ1) is 23.0. The molecule has 1 aliphatic rings. The van der Waals surface area contributed by atoms with Gasteiger partial charge in [-0.15, -0.1) is 0 Å². The van der Waals surface area contributed by atoms with E-state index in [9.17, 15) is 23.2 Å². The number of alkyl halides is 2. The van der Waals surface area contributed by atoms with Gasteiger partial charge in [0.25, 0.3) is 11.1 Å². The molecule has 1 aromatic carbocycles. The van der Waals surface area contributed by atoms with Gasteiger partial charge in [-0.1, -0.05) is 30.1 Å². The van der Waals surface area contributed by atoms with Crippen molar-refractivity contribution in [2.75, 3.05) is 5.84 Å². The van der Waals surface area contributed by atoms with Crippen LogP contribution in [0.15, 0.2) is 45.0 Å². The van der Waals surface area contributed by atoms with Crippen molar-refractivity contribution in [2.45, 2.75) is 31.6 Å². The molecular weight excluding hydrogens is 483 g/mol. The van der Waals surface area contributed by atoms with Crippen LogP contribution in [-0.4, -0.2) is 25.4 Å². The topological polar surface area (TPSA) is 125 Å². The number of nitrogens with two attached hydrogens (primary N) is 1. The first-order valence-corrected chi connectivity index (χ1v) is 10.5. The number of ether oxygens (including phenoxy) is 1. The van der Waals surface area contributed by atoms with E-state index in [0.29, 0.717) is 10.2 Å². The molecule has 33 heavy (non-hydrogen) atoms. The number of nitrogens with one attached hydrogen (secondary N) is 1. The Labute approximate surface area is 194 Å². The molecule has 1 aliphatic carbocycles. The van der Waals surface area contributed by atoms with Gasteiger partial charge in [-0.3, -0.25) is 9.59 Å². The Morgan fingerprint density at radius 2 is 1.85 bits per heavy atom. The fourth-order valence-corrected chi connectivity index (χ4v) is 4.22. The second-order valence-electron chi connectivity index (χ2n) is 7.82. The number of pyridine rings is 1. The second kappa shape index (κ2) is 8.31. The molecule has 0 spiro atoms. The molecule has 0 aliphatic heterocycles. The lowest BCUT2D eigenvalue weighted by Gasteiger charge is -2.38. The fourth-order valence-electron chi connectivity index (χ4n) is 3.67. The highest BCUT2D eigenvalue weighted by molar-refractivity contribution is 6.37. The van der Waals surface area contributed by atoms with E-state index in [2.05, 4.69) is 10.1 Å². The maximum Gasteiger partial charge on any atom is 0.370 e. The van der Waals surface area contributed by atoms with E-state index in [1.54, 1.807) is 6.92 Å². The number of rotatable bonds is 5. The lowest BCUT2D eigenvalue weighted by molar-refractivity contribution is -0.116. The normalized spacial score (nSPS) is 16.3. The number of nitrogens with zero attached hydrogens (tertiary/aromatic N) is 3. The Bertz CT molecular complexity index is 1390. The maximum absolute atomic E-state index is 13.3. The van der Waals surface area contributed by atoms with Gasteiger partial charge in [0.05, 0.1) is 15.7 Å². The van der Waals surface area contributed by atoms with Crippen molar-refractivity contribution in [2.24, 2.45) is 5.92 Å². The Hall–Kier alpha value is -3.18. The second-order valence-corrected chi connectivity index (χ2v) is 8.63. The molecular formula is C20H17Cl2F2N5O4. The van der Waals surface area contributed by atoms with E-state index >= 15 is 0 Å². The van der Waals surface area contributed by atoms with Crippen molar-refractivity contribution in [3.8, 4) is 17.2 Å². The first-order valence-electron chi connectivity index (χ1n) is 9.71. The van der Waals surface area contributed by atoms with Gasteiger partial charge >= 0.3 is 5.69 Å². The SMILES string of the molecule is CC(c1cc(Oc2c(Cl)cc(-n3ncc(=O)n(N)c3=O)cc2Cl)c[nH]c1=O)C1CC(F)(F)C1. The largest absolute Gasteiger partial charge is 0.453 e. The predicted molar refractivity (Wildman–Crippen MR) is 117 cm³/mol. The van der Waals surface area contributed by atoms with Crippen molar-refractivity contribution >= 4 is 23.2 Å². The predicted octanol–water partition coefficient (Wildman–Crippen LogP) is 3.04. The molecule has 13 heteroatoms. The molecule has 0 radical (unpaired) electrons.